The van der Waals surface area contributed by atoms with Gasteiger partial charge in [-0.25, -0.2) is 0 Å². The topological polar surface area (TPSA) is 41.1 Å². The van der Waals surface area contributed by atoms with Crippen molar-refractivity contribution in [3.63, 3.8) is 0 Å². The highest BCUT2D eigenvalue weighted by atomic mass is 32.2. The molecular formula is C13H18N2OS. The molecule has 1 heterocycles. The molecule has 4 heteroatoms. The summed E-state index contributed by atoms with van der Waals surface area (Å²) < 4.78 is 0. The zero-order valence-electron chi connectivity index (χ0n) is 9.98. The molecule has 0 saturated carbocycles. The Kier molecular flexibility index (Phi) is 4.45. The molecule has 2 atom stereocenters. The lowest BCUT2D eigenvalue weighted by atomic mass is 10.1. The second kappa shape index (κ2) is 6.07. The average Bonchev–Trinajstić information content (AvgIpc) is 2.84. The van der Waals surface area contributed by atoms with Crippen molar-refractivity contribution in [3.05, 3.63) is 35.9 Å². The molecule has 1 amide bonds. The summed E-state index contributed by atoms with van der Waals surface area (Å²) in [5.74, 6) is 0.123. The molecule has 1 aliphatic heterocycles. The zero-order valence-corrected chi connectivity index (χ0v) is 10.8. The summed E-state index contributed by atoms with van der Waals surface area (Å²) >= 11 is 1.58. The van der Waals surface area contributed by atoms with E-state index in [-0.39, 0.29) is 11.2 Å². The molecule has 92 valence electrons. The first kappa shape index (κ1) is 12.5. The number of carbonyl (C=O) groups excluding carboxylic acids is 1. The minimum Gasteiger partial charge on any atom is -0.351 e. The van der Waals surface area contributed by atoms with Gasteiger partial charge in [0.1, 0.15) is 5.25 Å². The molecule has 2 N–H and O–H groups in total. The van der Waals surface area contributed by atoms with Gasteiger partial charge < -0.3 is 10.6 Å². The fraction of sp³-hybridized carbons (Fsp3) is 0.462. The van der Waals surface area contributed by atoms with Crippen molar-refractivity contribution in [2.24, 2.45) is 0 Å². The Morgan fingerprint density at radius 2 is 2.24 bits per heavy atom. The summed E-state index contributed by atoms with van der Waals surface area (Å²) in [6, 6.07) is 10.2. The fourth-order valence-electron chi connectivity index (χ4n) is 2.08. The van der Waals surface area contributed by atoms with Gasteiger partial charge in [-0.05, 0) is 24.8 Å². The number of carbonyl (C=O) groups is 1. The molecule has 3 nitrogen and oxygen atoms in total. The van der Waals surface area contributed by atoms with E-state index in [9.17, 15) is 4.79 Å². The first-order valence-corrected chi connectivity index (χ1v) is 7.19. The minimum atomic E-state index is -0.100. The molecule has 0 aromatic heterocycles. The predicted octanol–water partition coefficient (Wildman–Crippen LogP) is 1.57. The van der Waals surface area contributed by atoms with Crippen LogP contribution in [-0.4, -0.2) is 31.3 Å². The van der Waals surface area contributed by atoms with E-state index in [1.165, 1.54) is 0 Å². The molecule has 0 aliphatic carbocycles. The van der Waals surface area contributed by atoms with E-state index < -0.39 is 0 Å². The number of rotatable bonds is 4. The summed E-state index contributed by atoms with van der Waals surface area (Å²) in [6.07, 6.45) is 3.01. The molecule has 2 unspecified atom stereocenters. The van der Waals surface area contributed by atoms with Gasteiger partial charge in [0, 0.05) is 12.6 Å². The lowest BCUT2D eigenvalue weighted by Crippen LogP contribution is -2.38. The third-order valence-corrected chi connectivity index (χ3v) is 3.94. The van der Waals surface area contributed by atoms with Crippen LogP contribution in [0.5, 0.6) is 0 Å². The molecule has 17 heavy (non-hydrogen) atoms. The summed E-state index contributed by atoms with van der Waals surface area (Å²) in [7, 11) is 0. The predicted molar refractivity (Wildman–Crippen MR) is 72.1 cm³/mol. The second-order valence-corrected chi connectivity index (χ2v) is 5.17. The summed E-state index contributed by atoms with van der Waals surface area (Å²) in [6.45, 7) is 1.89. The Morgan fingerprint density at radius 1 is 1.47 bits per heavy atom. The van der Waals surface area contributed by atoms with Gasteiger partial charge in [-0.1, -0.05) is 30.3 Å². The number of hydrogen-bond acceptors (Lipinski definition) is 3. The third kappa shape index (κ3) is 3.23. The van der Waals surface area contributed by atoms with E-state index in [0.717, 1.165) is 25.1 Å². The monoisotopic (exact) mass is 250 g/mol. The van der Waals surface area contributed by atoms with Crippen LogP contribution in [0.25, 0.3) is 0 Å². The second-order valence-electron chi connectivity index (χ2n) is 4.22. The number of nitrogens with one attached hydrogen (secondary N) is 2. The number of amides is 1. The van der Waals surface area contributed by atoms with Gasteiger partial charge >= 0.3 is 0 Å². The Bertz CT molecular complexity index is 363. The van der Waals surface area contributed by atoms with Crippen LogP contribution in [0.15, 0.2) is 30.3 Å². The molecule has 2 rings (SSSR count). The Balaban J connectivity index is 2.00. The van der Waals surface area contributed by atoms with Crippen LogP contribution in [0, 0.1) is 0 Å². The molecule has 1 aromatic rings. The van der Waals surface area contributed by atoms with E-state index in [2.05, 4.69) is 10.6 Å². The van der Waals surface area contributed by atoms with Crippen molar-refractivity contribution in [1.82, 2.24) is 10.6 Å². The standard InChI is InChI=1S/C13H18N2OS/c1-17-12(10-5-3-2-4-6-10)13(16)15-11-7-8-14-9-11/h2-6,11-12,14H,7-9H2,1H3,(H,15,16). The molecule has 1 fully saturated rings. The number of thioether (sulfide) groups is 1. The highest BCUT2D eigenvalue weighted by Crippen LogP contribution is 2.26. The van der Waals surface area contributed by atoms with Gasteiger partial charge in [0.05, 0.1) is 0 Å². The van der Waals surface area contributed by atoms with Crippen LogP contribution in [0.1, 0.15) is 17.2 Å². The first-order valence-electron chi connectivity index (χ1n) is 5.90. The minimum absolute atomic E-state index is 0.100. The van der Waals surface area contributed by atoms with Crippen molar-refractivity contribution < 1.29 is 4.79 Å². The smallest absolute Gasteiger partial charge is 0.237 e. The molecule has 0 radical (unpaired) electrons. The van der Waals surface area contributed by atoms with E-state index in [1.807, 2.05) is 36.6 Å². The van der Waals surface area contributed by atoms with Crippen LogP contribution in [0.4, 0.5) is 0 Å². The van der Waals surface area contributed by atoms with Crippen molar-refractivity contribution in [2.45, 2.75) is 17.7 Å². The fourth-order valence-corrected chi connectivity index (χ4v) is 2.79. The van der Waals surface area contributed by atoms with E-state index in [4.69, 9.17) is 0 Å². The van der Waals surface area contributed by atoms with Gasteiger partial charge in [0.15, 0.2) is 0 Å². The maximum Gasteiger partial charge on any atom is 0.237 e. The molecule has 1 saturated heterocycles. The van der Waals surface area contributed by atoms with Crippen LogP contribution in [0.2, 0.25) is 0 Å². The summed E-state index contributed by atoms with van der Waals surface area (Å²) in [5.41, 5.74) is 1.07. The van der Waals surface area contributed by atoms with Crippen LogP contribution in [-0.2, 0) is 4.79 Å². The molecule has 0 bridgehead atoms. The highest BCUT2D eigenvalue weighted by Gasteiger charge is 2.23. The van der Waals surface area contributed by atoms with Gasteiger partial charge in [-0.15, -0.1) is 11.8 Å². The van der Waals surface area contributed by atoms with Crippen LogP contribution < -0.4 is 10.6 Å². The van der Waals surface area contributed by atoms with E-state index in [0.29, 0.717) is 6.04 Å². The average molecular weight is 250 g/mol. The highest BCUT2D eigenvalue weighted by molar-refractivity contribution is 7.99. The molecule has 1 aliphatic rings. The van der Waals surface area contributed by atoms with Crippen molar-refractivity contribution in [1.29, 1.82) is 0 Å². The first-order chi connectivity index (χ1) is 8.31. The normalized spacial score (nSPS) is 21.1. The summed E-state index contributed by atoms with van der Waals surface area (Å²) in [5, 5.41) is 6.26. The number of benzene rings is 1. The maximum absolute atomic E-state index is 12.2. The summed E-state index contributed by atoms with van der Waals surface area (Å²) in [4.78, 5) is 12.2. The molecule has 1 aromatic carbocycles. The van der Waals surface area contributed by atoms with Gasteiger partial charge in [-0.3, -0.25) is 4.79 Å². The Hall–Kier alpha value is -1.00. The van der Waals surface area contributed by atoms with Gasteiger partial charge in [0.25, 0.3) is 0 Å². The third-order valence-electron chi connectivity index (χ3n) is 2.98. The lowest BCUT2D eigenvalue weighted by molar-refractivity contribution is -0.121. The molecule has 0 spiro atoms. The van der Waals surface area contributed by atoms with Gasteiger partial charge in [-0.2, -0.15) is 0 Å². The molecular weight excluding hydrogens is 232 g/mol. The Morgan fingerprint density at radius 3 is 2.82 bits per heavy atom. The van der Waals surface area contributed by atoms with Crippen molar-refractivity contribution >= 4 is 17.7 Å². The van der Waals surface area contributed by atoms with Crippen molar-refractivity contribution in [2.75, 3.05) is 19.3 Å². The van der Waals surface area contributed by atoms with E-state index >= 15 is 0 Å². The zero-order chi connectivity index (χ0) is 12.1. The number of hydrogen-bond donors (Lipinski definition) is 2. The largest absolute Gasteiger partial charge is 0.351 e. The quantitative estimate of drug-likeness (QED) is 0.852. The Labute approximate surface area is 106 Å². The van der Waals surface area contributed by atoms with E-state index in [1.54, 1.807) is 11.8 Å². The van der Waals surface area contributed by atoms with Crippen LogP contribution >= 0.6 is 11.8 Å². The van der Waals surface area contributed by atoms with Crippen molar-refractivity contribution in [3.8, 4) is 0 Å². The lowest BCUT2D eigenvalue weighted by Gasteiger charge is -2.18. The SMILES string of the molecule is CSC(C(=O)NC1CCNC1)c1ccccc1. The van der Waals surface area contributed by atoms with Gasteiger partial charge in [0.2, 0.25) is 5.91 Å². The van der Waals surface area contributed by atoms with Crippen LogP contribution in [0.3, 0.4) is 0 Å². The maximum atomic E-state index is 12.2.